The largest absolute Gasteiger partial charge is 0.497 e. The van der Waals surface area contributed by atoms with Crippen LogP contribution < -0.4 is 10.1 Å². The van der Waals surface area contributed by atoms with Crippen molar-refractivity contribution in [3.8, 4) is 11.8 Å². The molecule has 5 nitrogen and oxygen atoms in total. The number of hydrogen-bond donors (Lipinski definition) is 1. The van der Waals surface area contributed by atoms with E-state index in [1.807, 2.05) is 30.3 Å². The van der Waals surface area contributed by atoms with Gasteiger partial charge in [-0.1, -0.05) is 24.3 Å². The lowest BCUT2D eigenvalue weighted by Gasteiger charge is -2.18. The zero-order valence-electron chi connectivity index (χ0n) is 13.3. The van der Waals surface area contributed by atoms with E-state index in [0.717, 1.165) is 11.3 Å². The molecule has 0 heterocycles. The fourth-order valence-corrected chi connectivity index (χ4v) is 1.88. The van der Waals surface area contributed by atoms with E-state index in [1.165, 1.54) is 11.1 Å². The fourth-order valence-electron chi connectivity index (χ4n) is 1.88. The Bertz CT molecular complexity index is 602. The molecule has 5 heteroatoms. The minimum absolute atomic E-state index is 0.0437. The van der Waals surface area contributed by atoms with Crippen LogP contribution in [-0.4, -0.2) is 31.0 Å². The van der Waals surface area contributed by atoms with Crippen LogP contribution in [0.5, 0.6) is 5.75 Å². The molecular formula is C18H21N3O2. The number of methoxy groups -OCH3 is 1. The monoisotopic (exact) mass is 311 g/mol. The second-order valence-electron chi connectivity index (χ2n) is 4.69. The molecule has 0 unspecified atom stereocenters. The number of ether oxygens (including phenoxy) is 1. The third kappa shape index (κ3) is 5.71. The topological polar surface area (TPSA) is 65.4 Å². The Balaban J connectivity index is 2.70. The Kier molecular flexibility index (Phi) is 7.73. The van der Waals surface area contributed by atoms with E-state index in [2.05, 4.69) is 18.5 Å². The Labute approximate surface area is 137 Å². The predicted octanol–water partition coefficient (Wildman–Crippen LogP) is 2.39. The molecular weight excluding hydrogens is 290 g/mol. The average molecular weight is 311 g/mol. The van der Waals surface area contributed by atoms with Gasteiger partial charge in [-0.3, -0.25) is 4.79 Å². The molecule has 0 radical (unpaired) electrons. The average Bonchev–Trinajstić information content (AvgIpc) is 2.58. The van der Waals surface area contributed by atoms with Crippen LogP contribution in [0.15, 0.2) is 61.3 Å². The van der Waals surface area contributed by atoms with Crippen LogP contribution in [-0.2, 0) is 11.3 Å². The molecule has 1 aromatic carbocycles. The van der Waals surface area contributed by atoms with Crippen LogP contribution in [0, 0.1) is 11.3 Å². The zero-order valence-corrected chi connectivity index (χ0v) is 13.3. The highest BCUT2D eigenvalue weighted by molar-refractivity contribution is 5.97. The second-order valence-corrected chi connectivity index (χ2v) is 4.69. The summed E-state index contributed by atoms with van der Waals surface area (Å²) in [7, 11) is 1.61. The molecule has 0 aliphatic rings. The summed E-state index contributed by atoms with van der Waals surface area (Å²) in [6, 6.07) is 9.45. The summed E-state index contributed by atoms with van der Waals surface area (Å²) in [5.74, 6) is 0.427. The van der Waals surface area contributed by atoms with Crippen molar-refractivity contribution < 1.29 is 9.53 Å². The van der Waals surface area contributed by atoms with Crippen LogP contribution in [0.4, 0.5) is 0 Å². The summed E-state index contributed by atoms with van der Waals surface area (Å²) in [5.41, 5.74) is 1.06. The standard InChI is InChI=1S/C18H21N3O2/c1-4-10-21(11-5-2)18(22)16(12-19)14-20-13-15-6-8-17(23-3)9-7-15/h4-9,14,20H,1-2,10-11,13H2,3H3/b16-14-. The number of benzene rings is 1. The quantitative estimate of drug-likeness (QED) is 0.432. The van der Waals surface area contributed by atoms with E-state index in [4.69, 9.17) is 4.74 Å². The van der Waals surface area contributed by atoms with Crippen molar-refractivity contribution in [3.05, 3.63) is 66.9 Å². The van der Waals surface area contributed by atoms with E-state index in [-0.39, 0.29) is 11.5 Å². The molecule has 0 atom stereocenters. The molecule has 0 fully saturated rings. The third-order valence-electron chi connectivity index (χ3n) is 3.05. The first kappa shape index (κ1) is 18.1. The molecule has 23 heavy (non-hydrogen) atoms. The van der Waals surface area contributed by atoms with Crippen molar-refractivity contribution in [3.63, 3.8) is 0 Å². The number of rotatable bonds is 9. The molecule has 0 aromatic heterocycles. The van der Waals surface area contributed by atoms with Crippen molar-refractivity contribution in [1.29, 1.82) is 5.26 Å². The van der Waals surface area contributed by atoms with Crippen molar-refractivity contribution >= 4 is 5.91 Å². The van der Waals surface area contributed by atoms with Gasteiger partial charge >= 0.3 is 0 Å². The van der Waals surface area contributed by atoms with Gasteiger partial charge in [0.2, 0.25) is 0 Å². The van der Waals surface area contributed by atoms with Crippen LogP contribution in [0.2, 0.25) is 0 Å². The summed E-state index contributed by atoms with van der Waals surface area (Å²) >= 11 is 0. The van der Waals surface area contributed by atoms with Crippen LogP contribution in [0.1, 0.15) is 5.56 Å². The van der Waals surface area contributed by atoms with Crippen LogP contribution >= 0.6 is 0 Å². The van der Waals surface area contributed by atoms with Crippen LogP contribution in [0.3, 0.4) is 0 Å². The molecule has 0 bridgehead atoms. The number of carbonyl (C=O) groups is 1. The van der Waals surface area contributed by atoms with Gasteiger partial charge in [0.05, 0.1) is 7.11 Å². The summed E-state index contributed by atoms with van der Waals surface area (Å²) < 4.78 is 5.09. The highest BCUT2D eigenvalue weighted by Gasteiger charge is 2.15. The lowest BCUT2D eigenvalue weighted by Crippen LogP contribution is -2.32. The van der Waals surface area contributed by atoms with Gasteiger partial charge in [0.15, 0.2) is 0 Å². The predicted molar refractivity (Wildman–Crippen MR) is 90.5 cm³/mol. The fraction of sp³-hybridized carbons (Fsp3) is 0.222. The third-order valence-corrected chi connectivity index (χ3v) is 3.05. The summed E-state index contributed by atoms with van der Waals surface area (Å²) in [6.07, 6.45) is 4.66. The van der Waals surface area contributed by atoms with Gasteiger partial charge in [0.25, 0.3) is 5.91 Å². The summed E-state index contributed by atoms with van der Waals surface area (Å²) in [5, 5.41) is 12.2. The van der Waals surface area contributed by atoms with Crippen molar-refractivity contribution in [2.24, 2.45) is 0 Å². The van der Waals surface area contributed by atoms with Crippen molar-refractivity contribution in [1.82, 2.24) is 10.2 Å². The summed E-state index contributed by atoms with van der Waals surface area (Å²) in [4.78, 5) is 13.8. The zero-order chi connectivity index (χ0) is 17.1. The van der Waals surface area contributed by atoms with Crippen molar-refractivity contribution in [2.75, 3.05) is 20.2 Å². The minimum atomic E-state index is -0.352. The van der Waals surface area contributed by atoms with Gasteiger partial charge in [-0.2, -0.15) is 5.26 Å². The highest BCUT2D eigenvalue weighted by atomic mass is 16.5. The lowest BCUT2D eigenvalue weighted by molar-refractivity contribution is -0.125. The van der Waals surface area contributed by atoms with Gasteiger partial charge in [-0.25, -0.2) is 0 Å². The molecule has 0 spiro atoms. The molecule has 1 N–H and O–H groups in total. The normalized spacial score (nSPS) is 10.3. The van der Waals surface area contributed by atoms with Gasteiger partial charge in [0.1, 0.15) is 17.4 Å². The number of hydrogen-bond acceptors (Lipinski definition) is 4. The number of carbonyl (C=O) groups excluding carboxylic acids is 1. The van der Waals surface area contributed by atoms with Gasteiger partial charge in [0, 0.05) is 25.8 Å². The molecule has 0 aliphatic heterocycles. The van der Waals surface area contributed by atoms with Gasteiger partial charge < -0.3 is 15.0 Å². The molecule has 1 rings (SSSR count). The molecule has 120 valence electrons. The maximum absolute atomic E-state index is 12.3. The highest BCUT2D eigenvalue weighted by Crippen LogP contribution is 2.11. The Morgan fingerprint density at radius 3 is 2.39 bits per heavy atom. The van der Waals surface area contributed by atoms with Crippen molar-refractivity contribution in [2.45, 2.75) is 6.54 Å². The van der Waals surface area contributed by atoms with E-state index in [0.29, 0.717) is 19.6 Å². The molecule has 1 amide bonds. The molecule has 0 aliphatic carbocycles. The SMILES string of the molecule is C=CCN(CC=C)C(=O)/C(C#N)=C\NCc1ccc(OC)cc1. The smallest absolute Gasteiger partial charge is 0.266 e. The van der Waals surface area contributed by atoms with E-state index in [9.17, 15) is 10.1 Å². The Morgan fingerprint density at radius 1 is 1.30 bits per heavy atom. The Hall–Kier alpha value is -3.00. The van der Waals surface area contributed by atoms with E-state index in [1.54, 1.807) is 19.3 Å². The first-order chi connectivity index (χ1) is 11.2. The minimum Gasteiger partial charge on any atom is -0.497 e. The number of nitrogens with zero attached hydrogens (tertiary/aromatic N) is 2. The second kappa shape index (κ2) is 9.85. The maximum atomic E-state index is 12.3. The first-order valence-corrected chi connectivity index (χ1v) is 7.13. The summed E-state index contributed by atoms with van der Waals surface area (Å²) in [6.45, 7) is 8.45. The molecule has 1 aromatic rings. The van der Waals surface area contributed by atoms with Gasteiger partial charge in [-0.15, -0.1) is 13.2 Å². The van der Waals surface area contributed by atoms with Gasteiger partial charge in [-0.05, 0) is 17.7 Å². The van der Waals surface area contributed by atoms with E-state index >= 15 is 0 Å². The van der Waals surface area contributed by atoms with E-state index < -0.39 is 0 Å². The van der Waals surface area contributed by atoms with Crippen LogP contribution in [0.25, 0.3) is 0 Å². The lowest BCUT2D eigenvalue weighted by atomic mass is 10.2. The number of nitrogens with one attached hydrogen (secondary N) is 1. The Morgan fingerprint density at radius 2 is 1.91 bits per heavy atom. The molecule has 0 saturated carbocycles. The molecule has 0 saturated heterocycles. The maximum Gasteiger partial charge on any atom is 0.266 e. The number of nitriles is 1. The number of amides is 1. The first-order valence-electron chi connectivity index (χ1n) is 7.13.